The monoisotopic (exact) mass is 279 g/mol. The molecule has 1 aromatic carbocycles. The first-order chi connectivity index (χ1) is 9.19. The van der Waals surface area contributed by atoms with E-state index in [1.54, 1.807) is 45.0 Å². The number of Topliss-reactive ketones (excluding diaryl/α,β-unsaturated/α-hetero) is 1. The molecular weight excluding hydrogens is 262 g/mol. The first-order valence-corrected chi connectivity index (χ1v) is 6.03. The molecule has 0 saturated carbocycles. The Bertz CT molecular complexity index is 531. The van der Waals surface area contributed by atoms with Crippen molar-refractivity contribution < 1.29 is 24.2 Å². The molecule has 6 heteroatoms. The van der Waals surface area contributed by atoms with Crippen LogP contribution in [0, 0.1) is 0 Å². The summed E-state index contributed by atoms with van der Waals surface area (Å²) in [5.74, 6) is -2.44. The Morgan fingerprint density at radius 1 is 1.20 bits per heavy atom. The highest BCUT2D eigenvalue weighted by molar-refractivity contribution is 6.33. The number of hydrogen-bond acceptors (Lipinski definition) is 4. The Balaban J connectivity index is 2.83. The number of para-hydroxylation sites is 1. The molecule has 0 aromatic heterocycles. The molecule has 0 fully saturated rings. The van der Waals surface area contributed by atoms with Gasteiger partial charge in [-0.1, -0.05) is 18.2 Å². The molecule has 20 heavy (non-hydrogen) atoms. The maximum absolute atomic E-state index is 11.7. The van der Waals surface area contributed by atoms with Gasteiger partial charge in [0.15, 0.2) is 0 Å². The van der Waals surface area contributed by atoms with Crippen molar-refractivity contribution in [2.75, 3.05) is 5.32 Å². The van der Waals surface area contributed by atoms with Crippen LogP contribution in [0.2, 0.25) is 0 Å². The lowest BCUT2D eigenvalue weighted by molar-refractivity contribution is -0.148. The van der Waals surface area contributed by atoms with Gasteiger partial charge < -0.3 is 9.84 Å². The number of benzene rings is 1. The maximum atomic E-state index is 11.7. The van der Waals surface area contributed by atoms with Gasteiger partial charge in [-0.25, -0.2) is 9.59 Å². The Hall–Kier alpha value is -2.37. The molecule has 0 bridgehead atoms. The number of carboxylic acids is 1. The fraction of sp³-hybridized carbons (Fsp3) is 0.357. The van der Waals surface area contributed by atoms with E-state index < -0.39 is 23.4 Å². The predicted molar refractivity (Wildman–Crippen MR) is 72.6 cm³/mol. The van der Waals surface area contributed by atoms with Crippen LogP contribution in [-0.4, -0.2) is 28.6 Å². The summed E-state index contributed by atoms with van der Waals surface area (Å²) >= 11 is 0. The van der Waals surface area contributed by atoms with E-state index in [4.69, 9.17) is 9.84 Å². The molecule has 0 saturated heterocycles. The summed E-state index contributed by atoms with van der Waals surface area (Å²) in [6, 6.07) is 6.48. The lowest BCUT2D eigenvalue weighted by Crippen LogP contribution is -2.27. The van der Waals surface area contributed by atoms with Crippen molar-refractivity contribution in [1.29, 1.82) is 0 Å². The van der Waals surface area contributed by atoms with Gasteiger partial charge in [0.25, 0.3) is 0 Å². The van der Waals surface area contributed by atoms with E-state index in [-0.39, 0.29) is 6.42 Å². The fourth-order valence-corrected chi connectivity index (χ4v) is 1.46. The highest BCUT2D eigenvalue weighted by atomic mass is 16.6. The molecule has 0 heterocycles. The summed E-state index contributed by atoms with van der Waals surface area (Å²) < 4.78 is 5.10. The smallest absolute Gasteiger partial charge is 0.412 e. The summed E-state index contributed by atoms with van der Waals surface area (Å²) in [5.41, 5.74) is 0.137. The van der Waals surface area contributed by atoms with Crippen LogP contribution in [0.1, 0.15) is 26.3 Å². The SMILES string of the molecule is CC(C)(C)OC(=O)Nc1ccccc1CC(=O)C(=O)O. The summed E-state index contributed by atoms with van der Waals surface area (Å²) in [6.45, 7) is 5.19. The van der Waals surface area contributed by atoms with Gasteiger partial charge >= 0.3 is 12.1 Å². The van der Waals surface area contributed by atoms with Crippen molar-refractivity contribution in [3.63, 3.8) is 0 Å². The van der Waals surface area contributed by atoms with Crippen LogP contribution in [0.15, 0.2) is 24.3 Å². The van der Waals surface area contributed by atoms with Crippen LogP contribution in [0.3, 0.4) is 0 Å². The normalized spacial score (nSPS) is 10.8. The van der Waals surface area contributed by atoms with E-state index in [9.17, 15) is 14.4 Å². The highest BCUT2D eigenvalue weighted by Gasteiger charge is 2.19. The van der Waals surface area contributed by atoms with Crippen LogP contribution in [0.25, 0.3) is 0 Å². The third kappa shape index (κ3) is 5.09. The van der Waals surface area contributed by atoms with E-state index in [1.807, 2.05) is 0 Å². The van der Waals surface area contributed by atoms with E-state index in [0.29, 0.717) is 11.3 Å². The first-order valence-electron chi connectivity index (χ1n) is 6.03. The molecule has 6 nitrogen and oxygen atoms in total. The number of ether oxygens (including phenoxy) is 1. The van der Waals surface area contributed by atoms with Crippen molar-refractivity contribution >= 4 is 23.5 Å². The van der Waals surface area contributed by atoms with Crippen molar-refractivity contribution in [2.45, 2.75) is 32.8 Å². The van der Waals surface area contributed by atoms with Crippen molar-refractivity contribution in [3.05, 3.63) is 29.8 Å². The molecule has 0 aliphatic rings. The average Bonchev–Trinajstić information content (AvgIpc) is 2.28. The molecule has 0 spiro atoms. The van der Waals surface area contributed by atoms with Gasteiger partial charge in [0.05, 0.1) is 0 Å². The summed E-state index contributed by atoms with van der Waals surface area (Å²) in [6.07, 6.45) is -0.950. The molecule has 2 N–H and O–H groups in total. The van der Waals surface area contributed by atoms with Crippen LogP contribution in [0.5, 0.6) is 0 Å². The zero-order valence-corrected chi connectivity index (χ0v) is 11.6. The number of anilines is 1. The fourth-order valence-electron chi connectivity index (χ4n) is 1.46. The van der Waals surface area contributed by atoms with E-state index in [2.05, 4.69) is 5.32 Å². The maximum Gasteiger partial charge on any atom is 0.412 e. The topological polar surface area (TPSA) is 92.7 Å². The molecule has 108 valence electrons. The number of rotatable bonds is 4. The van der Waals surface area contributed by atoms with Gasteiger partial charge in [-0.05, 0) is 32.4 Å². The molecule has 1 rings (SSSR count). The predicted octanol–water partition coefficient (Wildman–Crippen LogP) is 2.23. The van der Waals surface area contributed by atoms with Gasteiger partial charge in [0.2, 0.25) is 5.78 Å². The van der Waals surface area contributed by atoms with Crippen LogP contribution in [-0.2, 0) is 20.7 Å². The second kappa shape index (κ2) is 6.18. The molecule has 0 radical (unpaired) electrons. The Kier molecular flexibility index (Phi) is 4.85. The minimum absolute atomic E-state index is 0.290. The minimum Gasteiger partial charge on any atom is -0.475 e. The third-order valence-electron chi connectivity index (χ3n) is 2.24. The van der Waals surface area contributed by atoms with E-state index in [1.165, 1.54) is 0 Å². The lowest BCUT2D eigenvalue weighted by Gasteiger charge is -2.20. The first kappa shape index (κ1) is 15.7. The standard InChI is InChI=1S/C14H17NO5/c1-14(2,3)20-13(19)15-10-7-5-4-6-9(10)8-11(16)12(17)18/h4-7H,8H2,1-3H3,(H,15,19)(H,17,18). The molecule has 0 unspecified atom stereocenters. The van der Waals surface area contributed by atoms with Crippen molar-refractivity contribution in [3.8, 4) is 0 Å². The largest absolute Gasteiger partial charge is 0.475 e. The molecule has 1 amide bonds. The Morgan fingerprint density at radius 2 is 1.80 bits per heavy atom. The number of carbonyl (C=O) groups excluding carboxylic acids is 2. The van der Waals surface area contributed by atoms with Gasteiger partial charge in [-0.2, -0.15) is 0 Å². The van der Waals surface area contributed by atoms with Crippen LogP contribution >= 0.6 is 0 Å². The summed E-state index contributed by atoms with van der Waals surface area (Å²) in [7, 11) is 0. The second-order valence-corrected chi connectivity index (χ2v) is 5.19. The molecule has 1 aromatic rings. The van der Waals surface area contributed by atoms with Gasteiger partial charge in [-0.3, -0.25) is 10.1 Å². The van der Waals surface area contributed by atoms with Crippen LogP contribution < -0.4 is 5.32 Å². The Labute approximate surface area is 116 Å². The second-order valence-electron chi connectivity index (χ2n) is 5.19. The highest BCUT2D eigenvalue weighted by Crippen LogP contribution is 2.17. The van der Waals surface area contributed by atoms with Gasteiger partial charge in [0.1, 0.15) is 5.60 Å². The Morgan fingerprint density at radius 3 is 2.35 bits per heavy atom. The molecule has 0 atom stereocenters. The number of nitrogens with one attached hydrogen (secondary N) is 1. The van der Waals surface area contributed by atoms with Crippen LogP contribution in [0.4, 0.5) is 10.5 Å². The average molecular weight is 279 g/mol. The zero-order chi connectivity index (χ0) is 15.3. The van der Waals surface area contributed by atoms with E-state index >= 15 is 0 Å². The number of ketones is 1. The summed E-state index contributed by atoms with van der Waals surface area (Å²) in [5, 5.41) is 11.1. The van der Waals surface area contributed by atoms with Gasteiger partial charge in [-0.15, -0.1) is 0 Å². The van der Waals surface area contributed by atoms with Gasteiger partial charge in [0, 0.05) is 12.1 Å². The number of carbonyl (C=O) groups is 3. The number of amides is 1. The number of hydrogen-bond donors (Lipinski definition) is 2. The molecular formula is C14H17NO5. The molecule has 0 aliphatic heterocycles. The number of carboxylic acid groups (broad SMARTS) is 1. The number of aliphatic carboxylic acids is 1. The summed E-state index contributed by atoms with van der Waals surface area (Å²) in [4.78, 5) is 33.5. The van der Waals surface area contributed by atoms with E-state index in [0.717, 1.165) is 0 Å². The third-order valence-corrected chi connectivity index (χ3v) is 2.24. The lowest BCUT2D eigenvalue weighted by atomic mass is 10.1. The van der Waals surface area contributed by atoms with Crippen molar-refractivity contribution in [1.82, 2.24) is 0 Å². The minimum atomic E-state index is -1.50. The zero-order valence-electron chi connectivity index (χ0n) is 11.6. The molecule has 0 aliphatic carbocycles. The van der Waals surface area contributed by atoms with Crippen molar-refractivity contribution in [2.24, 2.45) is 0 Å². The quantitative estimate of drug-likeness (QED) is 0.824.